The summed E-state index contributed by atoms with van der Waals surface area (Å²) in [7, 11) is -2.50. The van der Waals surface area contributed by atoms with Gasteiger partial charge in [0.15, 0.2) is 0 Å². The van der Waals surface area contributed by atoms with E-state index in [0.717, 1.165) is 31.2 Å². The van der Waals surface area contributed by atoms with E-state index in [1.54, 1.807) is 24.3 Å². The number of aryl methyl sites for hydroxylation is 1. The van der Waals surface area contributed by atoms with E-state index in [4.69, 9.17) is 4.74 Å². The zero-order valence-electron chi connectivity index (χ0n) is 17.1. The number of methoxy groups -OCH3 is 1. The maximum atomic E-state index is 13.1. The monoisotopic (exact) mass is 416 g/mol. The van der Waals surface area contributed by atoms with Crippen LogP contribution in [0.25, 0.3) is 0 Å². The van der Waals surface area contributed by atoms with Crippen LogP contribution >= 0.6 is 0 Å². The summed E-state index contributed by atoms with van der Waals surface area (Å²) in [5.74, 6) is 0.0674. The van der Waals surface area contributed by atoms with E-state index in [-0.39, 0.29) is 22.6 Å². The van der Waals surface area contributed by atoms with Gasteiger partial charge < -0.3 is 9.64 Å². The molecule has 1 fully saturated rings. The molecule has 0 spiro atoms. The van der Waals surface area contributed by atoms with E-state index in [9.17, 15) is 13.2 Å². The maximum Gasteiger partial charge on any atom is 0.265 e. The number of rotatable bonds is 6. The van der Waals surface area contributed by atoms with Crippen molar-refractivity contribution in [1.29, 1.82) is 0 Å². The third kappa shape index (κ3) is 4.72. The van der Waals surface area contributed by atoms with Gasteiger partial charge in [0.2, 0.25) is 0 Å². The number of amides is 1. The topological polar surface area (TPSA) is 75.7 Å². The highest BCUT2D eigenvalue weighted by molar-refractivity contribution is 7.92. The van der Waals surface area contributed by atoms with Gasteiger partial charge in [-0.25, -0.2) is 8.42 Å². The van der Waals surface area contributed by atoms with Crippen LogP contribution in [0.1, 0.15) is 48.5 Å². The first kappa shape index (κ1) is 21.2. The molecule has 0 bridgehead atoms. The number of sulfonamides is 1. The number of ether oxygens (including phenoxy) is 1. The average molecular weight is 417 g/mol. The van der Waals surface area contributed by atoms with Crippen molar-refractivity contribution in [2.24, 2.45) is 0 Å². The number of likely N-dealkylation sites (tertiary alicyclic amines) is 1. The minimum atomic E-state index is -3.92. The lowest BCUT2D eigenvalue weighted by atomic mass is 9.99. The molecule has 1 unspecified atom stereocenters. The predicted octanol–water partition coefficient (Wildman–Crippen LogP) is 4.21. The van der Waals surface area contributed by atoms with Crippen LogP contribution in [0.4, 0.5) is 5.69 Å². The second-order valence-electron chi connectivity index (χ2n) is 7.39. The molecule has 0 aromatic heterocycles. The first-order valence-corrected chi connectivity index (χ1v) is 11.4. The van der Waals surface area contributed by atoms with Crippen LogP contribution in [-0.4, -0.2) is 38.9 Å². The fraction of sp³-hybridized carbons (Fsp3) is 0.409. The molecule has 1 saturated heterocycles. The highest BCUT2D eigenvalue weighted by Gasteiger charge is 2.28. The lowest BCUT2D eigenvalue weighted by Crippen LogP contribution is -2.43. The van der Waals surface area contributed by atoms with E-state index >= 15 is 0 Å². The summed E-state index contributed by atoms with van der Waals surface area (Å²) in [6.45, 7) is 4.71. The molecule has 1 aliphatic heterocycles. The maximum absolute atomic E-state index is 13.1. The highest BCUT2D eigenvalue weighted by atomic mass is 32.2. The van der Waals surface area contributed by atoms with Crippen LogP contribution in [0.15, 0.2) is 47.4 Å². The Balaban J connectivity index is 1.94. The van der Waals surface area contributed by atoms with Gasteiger partial charge in [0.05, 0.1) is 7.11 Å². The number of nitrogens with zero attached hydrogens (tertiary/aromatic N) is 1. The normalized spacial score (nSPS) is 17.1. The summed E-state index contributed by atoms with van der Waals surface area (Å²) in [4.78, 5) is 14.9. The van der Waals surface area contributed by atoms with Crippen LogP contribution in [0.5, 0.6) is 5.75 Å². The molecule has 0 aliphatic carbocycles. The zero-order valence-corrected chi connectivity index (χ0v) is 18.0. The lowest BCUT2D eigenvalue weighted by molar-refractivity contribution is 0.0607. The zero-order chi connectivity index (χ0) is 21.0. The molecule has 29 heavy (non-hydrogen) atoms. The van der Waals surface area contributed by atoms with Gasteiger partial charge in [-0.05, 0) is 62.9 Å². The van der Waals surface area contributed by atoms with Gasteiger partial charge in [-0.2, -0.15) is 0 Å². The summed E-state index contributed by atoms with van der Waals surface area (Å²) in [6, 6.07) is 11.9. The molecule has 156 valence electrons. The molecule has 1 heterocycles. The quantitative estimate of drug-likeness (QED) is 0.765. The number of nitrogens with one attached hydrogen (secondary N) is 1. The molecule has 1 atom stereocenters. The van der Waals surface area contributed by atoms with Crippen molar-refractivity contribution in [3.8, 4) is 5.75 Å². The third-order valence-electron chi connectivity index (χ3n) is 5.36. The molecule has 0 radical (unpaired) electrons. The number of hydrogen-bond donors (Lipinski definition) is 1. The van der Waals surface area contributed by atoms with Crippen molar-refractivity contribution in [2.45, 2.75) is 50.5 Å². The first-order valence-electron chi connectivity index (χ1n) is 9.94. The Morgan fingerprint density at radius 3 is 2.55 bits per heavy atom. The Labute approximate surface area is 172 Å². The fourth-order valence-electron chi connectivity index (χ4n) is 3.71. The SMILES string of the molecule is CCC1CCCCN1C(=O)c1ccc(OC)c(S(=O)(=O)Nc2ccc(C)cc2)c1. The van der Waals surface area contributed by atoms with Gasteiger partial charge in [0.25, 0.3) is 15.9 Å². The molecule has 1 N–H and O–H groups in total. The second-order valence-corrected chi connectivity index (χ2v) is 9.04. The Morgan fingerprint density at radius 1 is 1.17 bits per heavy atom. The molecule has 7 heteroatoms. The Hall–Kier alpha value is -2.54. The van der Waals surface area contributed by atoms with Crippen molar-refractivity contribution >= 4 is 21.6 Å². The summed E-state index contributed by atoms with van der Waals surface area (Å²) in [5, 5.41) is 0. The van der Waals surface area contributed by atoms with Crippen molar-refractivity contribution < 1.29 is 17.9 Å². The van der Waals surface area contributed by atoms with Gasteiger partial charge in [-0.15, -0.1) is 0 Å². The molecular weight excluding hydrogens is 388 g/mol. The molecular formula is C22H28N2O4S. The Morgan fingerprint density at radius 2 is 1.90 bits per heavy atom. The fourth-order valence-corrected chi connectivity index (χ4v) is 4.96. The van der Waals surface area contributed by atoms with Crippen LogP contribution in [0.2, 0.25) is 0 Å². The minimum absolute atomic E-state index is 0.0449. The van der Waals surface area contributed by atoms with Gasteiger partial charge in [0, 0.05) is 23.8 Å². The molecule has 0 saturated carbocycles. The molecule has 6 nitrogen and oxygen atoms in total. The van der Waals surface area contributed by atoms with Crippen molar-refractivity contribution in [3.05, 3.63) is 53.6 Å². The van der Waals surface area contributed by atoms with E-state index in [2.05, 4.69) is 11.6 Å². The van der Waals surface area contributed by atoms with E-state index in [1.165, 1.54) is 13.2 Å². The summed E-state index contributed by atoms with van der Waals surface area (Å²) in [5.41, 5.74) is 1.84. The third-order valence-corrected chi connectivity index (χ3v) is 6.77. The van der Waals surface area contributed by atoms with Gasteiger partial charge in [-0.3, -0.25) is 9.52 Å². The molecule has 2 aromatic rings. The number of carbonyl (C=O) groups is 1. The van der Waals surface area contributed by atoms with Gasteiger partial charge in [0.1, 0.15) is 10.6 Å². The van der Waals surface area contributed by atoms with Crippen molar-refractivity contribution in [1.82, 2.24) is 4.90 Å². The minimum Gasteiger partial charge on any atom is -0.495 e. The van der Waals surface area contributed by atoms with Gasteiger partial charge in [-0.1, -0.05) is 24.6 Å². The van der Waals surface area contributed by atoms with Crippen LogP contribution < -0.4 is 9.46 Å². The van der Waals surface area contributed by atoms with Crippen molar-refractivity contribution in [3.63, 3.8) is 0 Å². The van der Waals surface area contributed by atoms with Gasteiger partial charge >= 0.3 is 0 Å². The Bertz CT molecular complexity index is 971. The van der Waals surface area contributed by atoms with Crippen LogP contribution in [0.3, 0.4) is 0 Å². The standard InChI is InChI=1S/C22H28N2O4S/c1-4-19-7-5-6-14-24(19)22(25)17-10-13-20(28-3)21(15-17)29(26,27)23-18-11-8-16(2)9-12-18/h8-13,15,19,23H,4-7,14H2,1-3H3. The summed E-state index contributed by atoms with van der Waals surface area (Å²) < 4.78 is 33.9. The molecule has 1 aliphatic rings. The first-order chi connectivity index (χ1) is 13.9. The number of piperidine rings is 1. The van der Waals surface area contributed by atoms with Crippen LogP contribution in [-0.2, 0) is 10.0 Å². The summed E-state index contributed by atoms with van der Waals surface area (Å²) >= 11 is 0. The number of hydrogen-bond acceptors (Lipinski definition) is 4. The van der Waals surface area contributed by atoms with E-state index < -0.39 is 10.0 Å². The van der Waals surface area contributed by atoms with Crippen LogP contribution in [0, 0.1) is 6.92 Å². The number of benzene rings is 2. The highest BCUT2D eigenvalue weighted by Crippen LogP contribution is 2.29. The van der Waals surface area contributed by atoms with E-state index in [1.807, 2.05) is 24.0 Å². The second kappa shape index (κ2) is 8.86. The smallest absolute Gasteiger partial charge is 0.265 e. The van der Waals surface area contributed by atoms with E-state index in [0.29, 0.717) is 17.8 Å². The average Bonchev–Trinajstić information content (AvgIpc) is 2.74. The molecule has 3 rings (SSSR count). The molecule has 1 amide bonds. The number of carbonyl (C=O) groups excluding carboxylic acids is 1. The van der Waals surface area contributed by atoms with Crippen molar-refractivity contribution in [2.75, 3.05) is 18.4 Å². The molecule has 2 aromatic carbocycles. The number of anilines is 1. The predicted molar refractivity (Wildman–Crippen MR) is 114 cm³/mol. The lowest BCUT2D eigenvalue weighted by Gasteiger charge is -2.35. The largest absolute Gasteiger partial charge is 0.495 e. The Kier molecular flexibility index (Phi) is 6.47. The summed E-state index contributed by atoms with van der Waals surface area (Å²) in [6.07, 6.45) is 3.96.